The molecular formula is C57H37Br2N7. The van der Waals surface area contributed by atoms with E-state index in [1.54, 1.807) is 0 Å². The van der Waals surface area contributed by atoms with Crippen molar-refractivity contribution in [3.8, 4) is 85.1 Å². The SMILES string of the molecule is CC1(C)c2ccccc2-c2cc(-c3nc(-c4ccc(-c5ccc6c(c5)c5ccccc5n6-c5nc(-c6ccccc6)nc(-c6cccc(Br)c6)n5)cc4)nc(-c4cccc(Br)c4)n3)ccc21. The van der Waals surface area contributed by atoms with Crippen molar-refractivity contribution >= 4 is 53.7 Å². The van der Waals surface area contributed by atoms with Gasteiger partial charge in [0.1, 0.15) is 0 Å². The van der Waals surface area contributed by atoms with Crippen LogP contribution in [0.4, 0.5) is 0 Å². The average molecular weight is 980 g/mol. The van der Waals surface area contributed by atoms with Crippen molar-refractivity contribution in [2.75, 3.05) is 0 Å². The van der Waals surface area contributed by atoms with Crippen molar-refractivity contribution in [1.29, 1.82) is 0 Å². The highest BCUT2D eigenvalue weighted by Gasteiger charge is 2.35. The third-order valence-corrected chi connectivity index (χ3v) is 13.6. The number of aromatic nitrogens is 7. The summed E-state index contributed by atoms with van der Waals surface area (Å²) in [7, 11) is 0. The summed E-state index contributed by atoms with van der Waals surface area (Å²) in [5.41, 5.74) is 13.8. The summed E-state index contributed by atoms with van der Waals surface area (Å²) in [4.78, 5) is 30.5. The van der Waals surface area contributed by atoms with Gasteiger partial charge < -0.3 is 0 Å². The molecule has 0 atom stereocenters. The van der Waals surface area contributed by atoms with Crippen LogP contribution < -0.4 is 0 Å². The summed E-state index contributed by atoms with van der Waals surface area (Å²) >= 11 is 7.30. The molecule has 66 heavy (non-hydrogen) atoms. The van der Waals surface area contributed by atoms with Crippen molar-refractivity contribution < 1.29 is 0 Å². The zero-order valence-corrected chi connectivity index (χ0v) is 39.0. The van der Waals surface area contributed by atoms with Gasteiger partial charge in [0.15, 0.2) is 29.1 Å². The lowest BCUT2D eigenvalue weighted by atomic mass is 9.82. The quantitative estimate of drug-likeness (QED) is 0.158. The first-order valence-electron chi connectivity index (χ1n) is 21.7. The molecule has 9 heteroatoms. The normalized spacial score (nSPS) is 12.7. The summed E-state index contributed by atoms with van der Waals surface area (Å²) in [5, 5.41) is 2.20. The fraction of sp³-hybridized carbons (Fsp3) is 0.0526. The van der Waals surface area contributed by atoms with Crippen LogP contribution in [0.5, 0.6) is 0 Å². The van der Waals surface area contributed by atoms with Gasteiger partial charge in [-0.25, -0.2) is 19.9 Å². The summed E-state index contributed by atoms with van der Waals surface area (Å²) in [6.07, 6.45) is 0. The largest absolute Gasteiger partial charge is 0.278 e. The predicted octanol–water partition coefficient (Wildman–Crippen LogP) is 15.0. The minimum atomic E-state index is -0.0925. The monoisotopic (exact) mass is 977 g/mol. The van der Waals surface area contributed by atoms with E-state index in [9.17, 15) is 0 Å². The zero-order chi connectivity index (χ0) is 44.5. The summed E-state index contributed by atoms with van der Waals surface area (Å²) in [6.45, 7) is 4.59. The Labute approximate surface area is 398 Å². The molecule has 0 spiro atoms. The first-order valence-corrected chi connectivity index (χ1v) is 23.3. The van der Waals surface area contributed by atoms with Crippen molar-refractivity contribution in [2.45, 2.75) is 19.3 Å². The van der Waals surface area contributed by atoms with Crippen LogP contribution in [0.25, 0.3) is 107 Å². The Morgan fingerprint density at radius 1 is 0.348 bits per heavy atom. The molecule has 3 heterocycles. The second-order valence-corrected chi connectivity index (χ2v) is 18.9. The van der Waals surface area contributed by atoms with Crippen LogP contribution in [-0.2, 0) is 5.41 Å². The maximum atomic E-state index is 5.15. The molecule has 0 bridgehead atoms. The highest BCUT2D eigenvalue weighted by atomic mass is 79.9. The molecule has 11 aromatic rings. The minimum Gasteiger partial charge on any atom is -0.278 e. The molecule has 12 rings (SSSR count). The van der Waals surface area contributed by atoms with Gasteiger partial charge in [-0.1, -0.05) is 185 Å². The predicted molar refractivity (Wildman–Crippen MR) is 273 cm³/mol. The molecule has 1 aliphatic carbocycles. The first-order chi connectivity index (χ1) is 32.2. The Morgan fingerprint density at radius 3 is 1.53 bits per heavy atom. The Bertz CT molecular complexity index is 3710. The number of rotatable bonds is 7. The lowest BCUT2D eigenvalue weighted by Crippen LogP contribution is -2.14. The highest BCUT2D eigenvalue weighted by molar-refractivity contribution is 9.10. The van der Waals surface area contributed by atoms with Crippen LogP contribution in [0, 0.1) is 0 Å². The molecule has 314 valence electrons. The van der Waals surface area contributed by atoms with E-state index in [-0.39, 0.29) is 5.41 Å². The number of hydrogen-bond donors (Lipinski definition) is 0. The lowest BCUT2D eigenvalue weighted by molar-refractivity contribution is 0.660. The van der Waals surface area contributed by atoms with Crippen LogP contribution in [0.15, 0.2) is 197 Å². The van der Waals surface area contributed by atoms with Crippen LogP contribution in [0.3, 0.4) is 0 Å². The second-order valence-electron chi connectivity index (χ2n) is 17.1. The van der Waals surface area contributed by atoms with E-state index >= 15 is 0 Å². The highest BCUT2D eigenvalue weighted by Crippen LogP contribution is 2.49. The molecule has 7 nitrogen and oxygen atoms in total. The van der Waals surface area contributed by atoms with Gasteiger partial charge in [0.05, 0.1) is 11.0 Å². The van der Waals surface area contributed by atoms with E-state index < -0.39 is 0 Å². The molecule has 0 unspecified atom stereocenters. The fourth-order valence-corrected chi connectivity index (χ4v) is 10.2. The van der Waals surface area contributed by atoms with Gasteiger partial charge in [0, 0.05) is 53.0 Å². The van der Waals surface area contributed by atoms with E-state index in [0.29, 0.717) is 35.1 Å². The standard InChI is InChI=1S/C57H37Br2N7/c1-57(2)47-20-8-6-18-43(47)45-33-40(26-28-48(45)57)54-61-51(60-53(63-54)38-14-10-16-41(58)30-38)36-24-22-34(23-25-36)37-27-29-50-46(32-37)44-19-7-9-21-49(44)66(50)56-64-52(35-12-4-3-5-13-35)62-55(65-56)39-15-11-17-42(59)31-39/h3-33H,1-2H3. The molecular weight excluding hydrogens is 942 g/mol. The fourth-order valence-electron chi connectivity index (χ4n) is 9.37. The molecule has 0 fully saturated rings. The summed E-state index contributed by atoms with van der Waals surface area (Å²) in [5.74, 6) is 3.60. The number of benzene rings is 8. The first kappa shape index (κ1) is 40.1. The average Bonchev–Trinajstić information content (AvgIpc) is 3.81. The molecule has 3 aromatic heterocycles. The molecule has 0 N–H and O–H groups in total. The van der Waals surface area contributed by atoms with E-state index in [0.717, 1.165) is 69.7 Å². The molecule has 0 aliphatic heterocycles. The number of hydrogen-bond acceptors (Lipinski definition) is 6. The minimum absolute atomic E-state index is 0.0925. The smallest absolute Gasteiger partial charge is 0.238 e. The van der Waals surface area contributed by atoms with E-state index in [1.165, 1.54) is 22.3 Å². The van der Waals surface area contributed by atoms with Gasteiger partial charge in [-0.05, 0) is 81.9 Å². The number of nitrogens with zero attached hydrogens (tertiary/aromatic N) is 7. The van der Waals surface area contributed by atoms with Crippen LogP contribution >= 0.6 is 31.9 Å². The topological polar surface area (TPSA) is 82.3 Å². The summed E-state index contributed by atoms with van der Waals surface area (Å²) in [6, 6.07) is 65.1. The number of para-hydroxylation sites is 1. The van der Waals surface area contributed by atoms with Gasteiger partial charge >= 0.3 is 0 Å². The van der Waals surface area contributed by atoms with E-state index in [2.05, 4.69) is 159 Å². The maximum absolute atomic E-state index is 5.15. The Balaban J connectivity index is 0.946. The Kier molecular flexibility index (Phi) is 9.66. The van der Waals surface area contributed by atoms with Crippen molar-refractivity contribution in [2.24, 2.45) is 0 Å². The molecule has 0 radical (unpaired) electrons. The molecule has 1 aliphatic rings. The van der Waals surface area contributed by atoms with Gasteiger partial charge in [0.25, 0.3) is 0 Å². The molecule has 0 saturated heterocycles. The van der Waals surface area contributed by atoms with Crippen LogP contribution in [0.1, 0.15) is 25.0 Å². The molecule has 0 amide bonds. The third-order valence-electron chi connectivity index (χ3n) is 12.6. The Morgan fingerprint density at radius 2 is 0.833 bits per heavy atom. The van der Waals surface area contributed by atoms with Gasteiger partial charge in [-0.2, -0.15) is 9.97 Å². The van der Waals surface area contributed by atoms with Crippen molar-refractivity contribution in [3.63, 3.8) is 0 Å². The molecule has 0 saturated carbocycles. The second kappa shape index (κ2) is 15.9. The van der Waals surface area contributed by atoms with Crippen LogP contribution in [0.2, 0.25) is 0 Å². The summed E-state index contributed by atoms with van der Waals surface area (Å²) < 4.78 is 4.06. The van der Waals surface area contributed by atoms with Crippen molar-refractivity contribution in [3.05, 3.63) is 208 Å². The molecule has 8 aromatic carbocycles. The Hall–Kier alpha value is -7.46. The number of fused-ring (bicyclic) bond motifs is 6. The number of halogens is 2. The van der Waals surface area contributed by atoms with E-state index in [1.807, 2.05) is 78.9 Å². The maximum Gasteiger partial charge on any atom is 0.238 e. The lowest BCUT2D eigenvalue weighted by Gasteiger charge is -2.21. The van der Waals surface area contributed by atoms with Gasteiger partial charge in [-0.15, -0.1) is 0 Å². The van der Waals surface area contributed by atoms with Crippen molar-refractivity contribution in [1.82, 2.24) is 34.5 Å². The third kappa shape index (κ3) is 6.94. The van der Waals surface area contributed by atoms with Gasteiger partial charge in [-0.3, -0.25) is 4.57 Å². The van der Waals surface area contributed by atoms with Crippen LogP contribution in [-0.4, -0.2) is 34.5 Å². The zero-order valence-electron chi connectivity index (χ0n) is 35.8. The van der Waals surface area contributed by atoms with E-state index in [4.69, 9.17) is 29.9 Å². The van der Waals surface area contributed by atoms with Gasteiger partial charge in [0.2, 0.25) is 5.95 Å².